The molecule has 3 aliphatic rings. The standard InChI is InChI=1S/C13H16N4O/c1-11(2)6-12(3)8(5-14)9(16)13(11,7-15)10(17-12)18-4/h6,16H2,1-4H3. The molecular formula is C13H16N4O. The molecule has 2 atom stereocenters. The molecule has 2 bridgehead atoms. The maximum absolute atomic E-state index is 9.64. The van der Waals surface area contributed by atoms with E-state index >= 15 is 0 Å². The van der Waals surface area contributed by atoms with Crippen molar-refractivity contribution in [1.29, 1.82) is 10.5 Å². The van der Waals surface area contributed by atoms with Crippen molar-refractivity contribution in [1.82, 2.24) is 0 Å². The van der Waals surface area contributed by atoms with Gasteiger partial charge in [0.2, 0.25) is 5.90 Å². The molecule has 2 heterocycles. The minimum absolute atomic E-state index is 0.290. The summed E-state index contributed by atoms with van der Waals surface area (Å²) in [7, 11) is 1.48. The number of hydrogen-bond donors (Lipinski definition) is 1. The lowest BCUT2D eigenvalue weighted by Crippen LogP contribution is -2.60. The fourth-order valence-electron chi connectivity index (χ4n) is 3.37. The van der Waals surface area contributed by atoms with E-state index in [4.69, 9.17) is 10.5 Å². The maximum Gasteiger partial charge on any atom is 0.211 e. The molecule has 0 radical (unpaired) electrons. The maximum atomic E-state index is 9.64. The molecule has 1 aliphatic carbocycles. The van der Waals surface area contributed by atoms with Gasteiger partial charge in [-0.05, 0) is 13.3 Å². The summed E-state index contributed by atoms with van der Waals surface area (Å²) in [4.78, 5) is 4.45. The van der Waals surface area contributed by atoms with Gasteiger partial charge in [0.15, 0.2) is 5.41 Å². The molecule has 0 spiro atoms. The third kappa shape index (κ3) is 1.07. The first kappa shape index (κ1) is 12.4. The van der Waals surface area contributed by atoms with Crippen LogP contribution in [0.5, 0.6) is 0 Å². The molecule has 0 saturated heterocycles. The number of nitriles is 2. The van der Waals surface area contributed by atoms with Crippen molar-refractivity contribution in [3.8, 4) is 12.1 Å². The van der Waals surface area contributed by atoms with Gasteiger partial charge < -0.3 is 10.5 Å². The highest BCUT2D eigenvalue weighted by Gasteiger charge is 2.65. The molecule has 0 saturated carbocycles. The Hall–Kier alpha value is -2.01. The van der Waals surface area contributed by atoms with Crippen LogP contribution in [0.4, 0.5) is 0 Å². The van der Waals surface area contributed by atoms with E-state index in [1.807, 2.05) is 20.8 Å². The van der Waals surface area contributed by atoms with E-state index in [1.165, 1.54) is 7.11 Å². The Morgan fingerprint density at radius 1 is 1.33 bits per heavy atom. The fraction of sp³-hybridized carbons (Fsp3) is 0.615. The zero-order valence-corrected chi connectivity index (χ0v) is 11.0. The summed E-state index contributed by atoms with van der Waals surface area (Å²) in [6.45, 7) is 5.78. The van der Waals surface area contributed by atoms with Crippen molar-refractivity contribution in [2.75, 3.05) is 7.11 Å². The minimum atomic E-state index is -1.13. The molecule has 94 valence electrons. The SMILES string of the molecule is COC1=NC2(C)CC(C)(C)C1(C#N)C(N)=C2C#N. The first-order valence-electron chi connectivity index (χ1n) is 5.75. The van der Waals surface area contributed by atoms with Crippen LogP contribution in [0.3, 0.4) is 0 Å². The number of rotatable bonds is 0. The highest BCUT2D eigenvalue weighted by molar-refractivity contribution is 5.93. The number of fused-ring (bicyclic) bond motifs is 1. The Morgan fingerprint density at radius 2 is 1.94 bits per heavy atom. The smallest absolute Gasteiger partial charge is 0.211 e. The highest BCUT2D eigenvalue weighted by Crippen LogP contribution is 2.59. The summed E-state index contributed by atoms with van der Waals surface area (Å²) in [6.07, 6.45) is 0.601. The van der Waals surface area contributed by atoms with Gasteiger partial charge in [0.05, 0.1) is 36.1 Å². The van der Waals surface area contributed by atoms with Crippen LogP contribution in [0.1, 0.15) is 27.2 Å². The Morgan fingerprint density at radius 3 is 2.39 bits per heavy atom. The van der Waals surface area contributed by atoms with Crippen LogP contribution in [0.15, 0.2) is 16.3 Å². The number of hydrogen-bond acceptors (Lipinski definition) is 5. The predicted molar refractivity (Wildman–Crippen MR) is 66.1 cm³/mol. The van der Waals surface area contributed by atoms with E-state index in [1.54, 1.807) is 0 Å². The molecule has 5 nitrogen and oxygen atoms in total. The average Bonchev–Trinajstić information content (AvgIpc) is 2.26. The molecule has 0 fully saturated rings. The van der Waals surface area contributed by atoms with Crippen LogP contribution < -0.4 is 5.73 Å². The molecule has 0 aromatic carbocycles. The third-order valence-corrected chi connectivity index (χ3v) is 4.16. The molecule has 0 aromatic rings. The van der Waals surface area contributed by atoms with Gasteiger partial charge in [-0.25, -0.2) is 4.99 Å². The number of dihydropyridines is 1. The highest BCUT2D eigenvalue weighted by atomic mass is 16.5. The lowest BCUT2D eigenvalue weighted by molar-refractivity contribution is 0.114. The first-order valence-corrected chi connectivity index (χ1v) is 5.75. The van der Waals surface area contributed by atoms with Gasteiger partial charge in [-0.3, -0.25) is 0 Å². The molecule has 3 rings (SSSR count). The van der Waals surface area contributed by atoms with E-state index in [-0.39, 0.29) is 5.70 Å². The topological polar surface area (TPSA) is 95.2 Å². The van der Waals surface area contributed by atoms with Gasteiger partial charge in [-0.15, -0.1) is 0 Å². The molecule has 0 aromatic heterocycles. The van der Waals surface area contributed by atoms with Crippen LogP contribution in [-0.2, 0) is 4.74 Å². The zero-order valence-electron chi connectivity index (χ0n) is 11.0. The number of nitrogens with zero attached hydrogens (tertiary/aromatic N) is 3. The van der Waals surface area contributed by atoms with Crippen LogP contribution in [0.2, 0.25) is 0 Å². The van der Waals surface area contributed by atoms with Gasteiger partial charge in [-0.2, -0.15) is 10.5 Å². The Kier molecular flexibility index (Phi) is 2.26. The second kappa shape index (κ2) is 3.26. The molecule has 2 N–H and O–H groups in total. The second-order valence-corrected chi connectivity index (χ2v) is 5.72. The van der Waals surface area contributed by atoms with Crippen molar-refractivity contribution in [2.45, 2.75) is 32.7 Å². The largest absolute Gasteiger partial charge is 0.483 e. The van der Waals surface area contributed by atoms with Crippen LogP contribution >= 0.6 is 0 Å². The van der Waals surface area contributed by atoms with Crippen molar-refractivity contribution in [2.24, 2.45) is 21.6 Å². The van der Waals surface area contributed by atoms with Crippen molar-refractivity contribution in [3.05, 3.63) is 11.3 Å². The van der Waals surface area contributed by atoms with Gasteiger partial charge in [0.1, 0.15) is 0 Å². The monoisotopic (exact) mass is 244 g/mol. The van der Waals surface area contributed by atoms with Crippen LogP contribution in [-0.4, -0.2) is 18.5 Å². The average molecular weight is 244 g/mol. The van der Waals surface area contributed by atoms with Gasteiger partial charge in [0, 0.05) is 5.41 Å². The summed E-state index contributed by atoms with van der Waals surface area (Å²) in [6, 6.07) is 4.35. The second-order valence-electron chi connectivity index (χ2n) is 5.72. The quantitative estimate of drug-likeness (QED) is 0.698. The van der Waals surface area contributed by atoms with Crippen LogP contribution in [0, 0.1) is 33.5 Å². The van der Waals surface area contributed by atoms with E-state index in [9.17, 15) is 10.5 Å². The van der Waals surface area contributed by atoms with Crippen LogP contribution in [0.25, 0.3) is 0 Å². The normalized spacial score (nSPS) is 36.7. The summed E-state index contributed by atoms with van der Waals surface area (Å²) < 4.78 is 5.29. The summed E-state index contributed by atoms with van der Waals surface area (Å²) in [5.41, 5.74) is 4.56. The van der Waals surface area contributed by atoms with Gasteiger partial charge in [0.25, 0.3) is 0 Å². The van der Waals surface area contributed by atoms with E-state index in [0.717, 1.165) is 0 Å². The van der Waals surface area contributed by atoms with E-state index < -0.39 is 16.4 Å². The summed E-state index contributed by atoms with van der Waals surface area (Å²) in [5, 5.41) is 18.9. The van der Waals surface area contributed by atoms with Crippen molar-refractivity contribution in [3.63, 3.8) is 0 Å². The van der Waals surface area contributed by atoms with Gasteiger partial charge >= 0.3 is 0 Å². The lowest BCUT2D eigenvalue weighted by Gasteiger charge is -2.54. The summed E-state index contributed by atoms with van der Waals surface area (Å²) in [5.74, 6) is 0.320. The molecule has 5 heteroatoms. The predicted octanol–water partition coefficient (Wildman–Crippen LogP) is 1.48. The Labute approximate surface area is 107 Å². The van der Waals surface area contributed by atoms with Crippen molar-refractivity contribution < 1.29 is 4.74 Å². The molecule has 0 amide bonds. The molecular weight excluding hydrogens is 228 g/mol. The Bertz CT molecular complexity index is 561. The number of methoxy groups -OCH3 is 1. The first-order chi connectivity index (χ1) is 8.29. The van der Waals surface area contributed by atoms with E-state index in [2.05, 4.69) is 17.1 Å². The number of ether oxygens (including phenoxy) is 1. The number of nitrogens with two attached hydrogens (primary N) is 1. The summed E-state index contributed by atoms with van der Waals surface area (Å²) >= 11 is 0. The van der Waals surface area contributed by atoms with E-state index in [0.29, 0.717) is 17.9 Å². The third-order valence-electron chi connectivity index (χ3n) is 4.16. The minimum Gasteiger partial charge on any atom is -0.483 e. The fourth-order valence-corrected chi connectivity index (χ4v) is 3.37. The Balaban J connectivity index is 2.86. The van der Waals surface area contributed by atoms with Gasteiger partial charge in [-0.1, -0.05) is 13.8 Å². The number of aliphatic imine (C=N–C) groups is 1. The van der Waals surface area contributed by atoms with Crippen molar-refractivity contribution >= 4 is 5.90 Å². The molecule has 18 heavy (non-hydrogen) atoms. The lowest BCUT2D eigenvalue weighted by atomic mass is 9.52. The molecule has 2 unspecified atom stereocenters. The molecule has 2 aliphatic heterocycles. The zero-order chi connectivity index (χ0) is 13.8.